The third kappa shape index (κ3) is 2.92. The van der Waals surface area contributed by atoms with Crippen LogP contribution in [0.4, 0.5) is 10.1 Å². The number of rotatable bonds is 3. The number of pyridine rings is 1. The SMILES string of the molecule is C/C(=N\Nc1ccnc2cc(Cl)ccc12)c1ccccc1F. The normalized spacial score (nSPS) is 11.7. The van der Waals surface area contributed by atoms with Gasteiger partial charge in [0.05, 0.1) is 16.9 Å². The monoisotopic (exact) mass is 313 g/mol. The van der Waals surface area contributed by atoms with Crippen molar-refractivity contribution in [2.45, 2.75) is 6.92 Å². The number of aromatic nitrogens is 1. The minimum atomic E-state index is -0.295. The molecular formula is C17H13ClFN3. The minimum Gasteiger partial charge on any atom is -0.277 e. The zero-order valence-electron chi connectivity index (χ0n) is 11.8. The lowest BCUT2D eigenvalue weighted by Crippen LogP contribution is -2.02. The molecule has 1 N–H and O–H groups in total. The summed E-state index contributed by atoms with van der Waals surface area (Å²) in [5, 5.41) is 5.79. The van der Waals surface area contributed by atoms with Crippen LogP contribution in [0.25, 0.3) is 10.9 Å². The molecule has 0 unspecified atom stereocenters. The Labute approximate surface area is 132 Å². The van der Waals surface area contributed by atoms with E-state index in [4.69, 9.17) is 11.6 Å². The summed E-state index contributed by atoms with van der Waals surface area (Å²) >= 11 is 5.97. The summed E-state index contributed by atoms with van der Waals surface area (Å²) in [6, 6.07) is 13.8. The van der Waals surface area contributed by atoms with E-state index in [1.165, 1.54) is 6.07 Å². The van der Waals surface area contributed by atoms with E-state index in [0.29, 0.717) is 16.3 Å². The van der Waals surface area contributed by atoms with Crippen LogP contribution in [0.2, 0.25) is 5.02 Å². The lowest BCUT2D eigenvalue weighted by Gasteiger charge is -2.07. The molecule has 0 atom stereocenters. The van der Waals surface area contributed by atoms with Gasteiger partial charge in [-0.2, -0.15) is 5.10 Å². The van der Waals surface area contributed by atoms with Crippen molar-refractivity contribution in [2.75, 3.05) is 5.43 Å². The zero-order valence-corrected chi connectivity index (χ0v) is 12.6. The van der Waals surface area contributed by atoms with Gasteiger partial charge in [0.25, 0.3) is 0 Å². The number of hydrogen-bond donors (Lipinski definition) is 1. The van der Waals surface area contributed by atoms with Crippen LogP contribution in [0.5, 0.6) is 0 Å². The fraction of sp³-hybridized carbons (Fsp3) is 0.0588. The molecule has 110 valence electrons. The first kappa shape index (κ1) is 14.5. The van der Waals surface area contributed by atoms with E-state index in [0.717, 1.165) is 16.6 Å². The second kappa shape index (κ2) is 6.12. The summed E-state index contributed by atoms with van der Waals surface area (Å²) in [7, 11) is 0. The van der Waals surface area contributed by atoms with Crippen molar-refractivity contribution in [3.8, 4) is 0 Å². The third-order valence-corrected chi connectivity index (χ3v) is 3.55. The molecule has 5 heteroatoms. The van der Waals surface area contributed by atoms with Gasteiger partial charge in [0.2, 0.25) is 0 Å². The summed E-state index contributed by atoms with van der Waals surface area (Å²) in [5.41, 5.74) is 5.57. The Morgan fingerprint density at radius 3 is 2.82 bits per heavy atom. The Balaban J connectivity index is 1.94. The smallest absolute Gasteiger partial charge is 0.132 e. The highest BCUT2D eigenvalue weighted by Gasteiger charge is 2.05. The maximum atomic E-state index is 13.7. The van der Waals surface area contributed by atoms with Gasteiger partial charge in [-0.3, -0.25) is 10.4 Å². The van der Waals surface area contributed by atoms with Crippen molar-refractivity contribution >= 4 is 33.9 Å². The van der Waals surface area contributed by atoms with Crippen LogP contribution in [-0.2, 0) is 0 Å². The lowest BCUT2D eigenvalue weighted by atomic mass is 10.1. The molecule has 1 aromatic heterocycles. The zero-order chi connectivity index (χ0) is 15.5. The lowest BCUT2D eigenvalue weighted by molar-refractivity contribution is 0.625. The molecular weight excluding hydrogens is 301 g/mol. The van der Waals surface area contributed by atoms with Gasteiger partial charge in [-0.05, 0) is 37.3 Å². The Bertz CT molecular complexity index is 861. The first-order chi connectivity index (χ1) is 10.6. The maximum absolute atomic E-state index is 13.7. The third-order valence-electron chi connectivity index (χ3n) is 3.31. The molecule has 0 bridgehead atoms. The highest BCUT2D eigenvalue weighted by atomic mass is 35.5. The predicted molar refractivity (Wildman–Crippen MR) is 89.0 cm³/mol. The average molecular weight is 314 g/mol. The van der Waals surface area contributed by atoms with Crippen molar-refractivity contribution in [1.82, 2.24) is 4.98 Å². The standard InChI is InChI=1S/C17H13ClFN3/c1-11(13-4-2-3-5-15(13)19)21-22-16-8-9-20-17-10-12(18)6-7-14(16)17/h2-10H,1H3,(H,20,22)/b21-11+. The van der Waals surface area contributed by atoms with Gasteiger partial charge in [-0.15, -0.1) is 0 Å². The van der Waals surface area contributed by atoms with E-state index >= 15 is 0 Å². The molecule has 22 heavy (non-hydrogen) atoms. The predicted octanol–water partition coefficient (Wildman–Crippen LogP) is 4.86. The molecule has 3 aromatic rings. The summed E-state index contributed by atoms with van der Waals surface area (Å²) in [6.07, 6.45) is 1.68. The van der Waals surface area contributed by atoms with E-state index < -0.39 is 0 Å². The largest absolute Gasteiger partial charge is 0.277 e. The molecule has 1 heterocycles. The van der Waals surface area contributed by atoms with Gasteiger partial charge in [0.1, 0.15) is 5.82 Å². The van der Waals surface area contributed by atoms with Gasteiger partial charge in [-0.25, -0.2) is 4.39 Å². The van der Waals surface area contributed by atoms with E-state index in [-0.39, 0.29) is 5.82 Å². The number of benzene rings is 2. The van der Waals surface area contributed by atoms with Crippen molar-refractivity contribution in [2.24, 2.45) is 5.10 Å². The quantitative estimate of drug-likeness (QED) is 0.553. The van der Waals surface area contributed by atoms with Crippen LogP contribution in [0, 0.1) is 5.82 Å². The number of hydrazone groups is 1. The topological polar surface area (TPSA) is 37.3 Å². The molecule has 0 amide bonds. The molecule has 0 aliphatic rings. The molecule has 0 aliphatic carbocycles. The Morgan fingerprint density at radius 1 is 1.18 bits per heavy atom. The fourth-order valence-corrected chi connectivity index (χ4v) is 2.34. The molecule has 0 fully saturated rings. The highest BCUT2D eigenvalue weighted by molar-refractivity contribution is 6.31. The number of nitrogens with one attached hydrogen (secondary N) is 1. The number of anilines is 1. The Morgan fingerprint density at radius 2 is 2.00 bits per heavy atom. The van der Waals surface area contributed by atoms with Crippen LogP contribution in [-0.4, -0.2) is 10.7 Å². The Kier molecular flexibility index (Phi) is 4.02. The minimum absolute atomic E-state index is 0.295. The molecule has 0 saturated heterocycles. The molecule has 0 radical (unpaired) electrons. The van der Waals surface area contributed by atoms with Crippen LogP contribution in [0.15, 0.2) is 59.8 Å². The van der Waals surface area contributed by atoms with E-state index in [1.54, 1.807) is 43.5 Å². The van der Waals surface area contributed by atoms with Crippen LogP contribution >= 0.6 is 11.6 Å². The molecule has 3 rings (SSSR count). The van der Waals surface area contributed by atoms with Crippen LogP contribution < -0.4 is 5.43 Å². The summed E-state index contributed by atoms with van der Waals surface area (Å²) < 4.78 is 13.7. The van der Waals surface area contributed by atoms with E-state index in [1.807, 2.05) is 12.1 Å². The van der Waals surface area contributed by atoms with Gasteiger partial charge < -0.3 is 0 Å². The highest BCUT2D eigenvalue weighted by Crippen LogP contribution is 2.24. The van der Waals surface area contributed by atoms with Gasteiger partial charge in [0.15, 0.2) is 0 Å². The molecule has 0 aliphatic heterocycles. The maximum Gasteiger partial charge on any atom is 0.132 e. The van der Waals surface area contributed by atoms with Crippen molar-refractivity contribution < 1.29 is 4.39 Å². The molecule has 2 aromatic carbocycles. The summed E-state index contributed by atoms with van der Waals surface area (Å²) in [6.45, 7) is 1.76. The number of hydrogen-bond acceptors (Lipinski definition) is 3. The molecule has 0 spiro atoms. The first-order valence-corrected chi connectivity index (χ1v) is 7.12. The second-order valence-electron chi connectivity index (χ2n) is 4.81. The van der Waals surface area contributed by atoms with Crippen LogP contribution in [0.1, 0.15) is 12.5 Å². The second-order valence-corrected chi connectivity index (χ2v) is 5.25. The summed E-state index contributed by atoms with van der Waals surface area (Å²) in [5.74, 6) is -0.295. The average Bonchev–Trinajstić information content (AvgIpc) is 2.52. The van der Waals surface area contributed by atoms with Gasteiger partial charge in [0, 0.05) is 22.2 Å². The summed E-state index contributed by atoms with van der Waals surface area (Å²) in [4.78, 5) is 4.27. The molecule has 0 saturated carbocycles. The van der Waals surface area contributed by atoms with Crippen molar-refractivity contribution in [3.05, 3.63) is 71.1 Å². The van der Waals surface area contributed by atoms with Crippen LogP contribution in [0.3, 0.4) is 0 Å². The molecule has 3 nitrogen and oxygen atoms in total. The van der Waals surface area contributed by atoms with E-state index in [9.17, 15) is 4.39 Å². The van der Waals surface area contributed by atoms with Crippen molar-refractivity contribution in [1.29, 1.82) is 0 Å². The van der Waals surface area contributed by atoms with E-state index in [2.05, 4.69) is 15.5 Å². The van der Waals surface area contributed by atoms with Gasteiger partial charge in [-0.1, -0.05) is 29.8 Å². The first-order valence-electron chi connectivity index (χ1n) is 6.74. The Hall–Kier alpha value is -2.46. The number of nitrogens with zero attached hydrogens (tertiary/aromatic N) is 2. The fourth-order valence-electron chi connectivity index (χ4n) is 2.18. The number of halogens is 2. The van der Waals surface area contributed by atoms with Gasteiger partial charge >= 0.3 is 0 Å². The number of fused-ring (bicyclic) bond motifs is 1. The van der Waals surface area contributed by atoms with Crippen molar-refractivity contribution in [3.63, 3.8) is 0 Å².